The van der Waals surface area contributed by atoms with Crippen molar-refractivity contribution in [3.05, 3.63) is 24.3 Å². The number of rotatable bonds is 4. The SMILES string of the molecule is FC(F)(F)COc1ccc(NC2CNC2)cc1. The molecule has 0 radical (unpaired) electrons. The zero-order chi connectivity index (χ0) is 12.3. The van der Waals surface area contributed by atoms with E-state index in [1.54, 1.807) is 12.1 Å². The van der Waals surface area contributed by atoms with E-state index < -0.39 is 12.8 Å². The van der Waals surface area contributed by atoms with Gasteiger partial charge in [-0.2, -0.15) is 13.2 Å². The molecule has 0 spiro atoms. The predicted octanol–water partition coefficient (Wildman–Crippen LogP) is 2.01. The number of anilines is 1. The van der Waals surface area contributed by atoms with Crippen molar-refractivity contribution in [2.45, 2.75) is 12.2 Å². The van der Waals surface area contributed by atoms with Crippen LogP contribution in [0.3, 0.4) is 0 Å². The van der Waals surface area contributed by atoms with Crippen LogP contribution in [0.4, 0.5) is 18.9 Å². The Morgan fingerprint density at radius 3 is 2.35 bits per heavy atom. The number of hydrogen-bond donors (Lipinski definition) is 2. The summed E-state index contributed by atoms with van der Waals surface area (Å²) in [6.45, 7) is 0.560. The Morgan fingerprint density at radius 1 is 1.24 bits per heavy atom. The minimum absolute atomic E-state index is 0.222. The van der Waals surface area contributed by atoms with Crippen molar-refractivity contribution in [3.8, 4) is 5.75 Å². The first-order chi connectivity index (χ1) is 8.03. The van der Waals surface area contributed by atoms with Crippen molar-refractivity contribution in [2.24, 2.45) is 0 Å². The monoisotopic (exact) mass is 246 g/mol. The Balaban J connectivity index is 1.84. The van der Waals surface area contributed by atoms with Gasteiger partial charge in [-0.1, -0.05) is 0 Å². The Kier molecular flexibility index (Phi) is 3.42. The van der Waals surface area contributed by atoms with E-state index in [-0.39, 0.29) is 5.75 Å². The molecule has 0 atom stereocenters. The molecule has 1 aromatic carbocycles. The van der Waals surface area contributed by atoms with Crippen molar-refractivity contribution in [1.82, 2.24) is 5.32 Å². The van der Waals surface area contributed by atoms with E-state index in [0.717, 1.165) is 18.8 Å². The Hall–Kier alpha value is -1.43. The van der Waals surface area contributed by atoms with Gasteiger partial charge in [-0.05, 0) is 24.3 Å². The molecule has 0 aliphatic carbocycles. The second-order valence-electron chi connectivity index (χ2n) is 3.93. The largest absolute Gasteiger partial charge is 0.484 e. The molecule has 0 aromatic heterocycles. The van der Waals surface area contributed by atoms with E-state index >= 15 is 0 Å². The molecule has 3 nitrogen and oxygen atoms in total. The maximum atomic E-state index is 11.9. The molecule has 2 N–H and O–H groups in total. The molecule has 1 saturated heterocycles. The van der Waals surface area contributed by atoms with Crippen LogP contribution < -0.4 is 15.4 Å². The molecule has 1 aliphatic heterocycles. The average Bonchev–Trinajstić information content (AvgIpc) is 2.21. The number of alkyl halides is 3. The first-order valence-electron chi connectivity index (χ1n) is 5.30. The van der Waals surface area contributed by atoms with Crippen molar-refractivity contribution in [1.29, 1.82) is 0 Å². The summed E-state index contributed by atoms with van der Waals surface area (Å²) >= 11 is 0. The molecule has 0 unspecified atom stereocenters. The first kappa shape index (κ1) is 12.0. The maximum absolute atomic E-state index is 11.9. The third-order valence-corrected chi connectivity index (χ3v) is 2.41. The molecular formula is C11H13F3N2O. The maximum Gasteiger partial charge on any atom is 0.422 e. The van der Waals surface area contributed by atoms with Crippen LogP contribution in [0.1, 0.15) is 0 Å². The lowest BCUT2D eigenvalue weighted by atomic mass is 10.1. The molecule has 1 aliphatic rings. The second-order valence-corrected chi connectivity index (χ2v) is 3.93. The van der Waals surface area contributed by atoms with Gasteiger partial charge in [0.2, 0.25) is 0 Å². The fraction of sp³-hybridized carbons (Fsp3) is 0.455. The van der Waals surface area contributed by atoms with Gasteiger partial charge in [0, 0.05) is 18.8 Å². The van der Waals surface area contributed by atoms with Gasteiger partial charge in [-0.25, -0.2) is 0 Å². The van der Waals surface area contributed by atoms with Crippen LogP contribution in [0.15, 0.2) is 24.3 Å². The van der Waals surface area contributed by atoms with E-state index in [9.17, 15) is 13.2 Å². The van der Waals surface area contributed by atoms with Gasteiger partial charge in [0.15, 0.2) is 6.61 Å². The van der Waals surface area contributed by atoms with Gasteiger partial charge in [0.05, 0.1) is 6.04 Å². The van der Waals surface area contributed by atoms with Crippen LogP contribution >= 0.6 is 0 Å². The van der Waals surface area contributed by atoms with Crippen LogP contribution in [-0.4, -0.2) is 31.9 Å². The summed E-state index contributed by atoms with van der Waals surface area (Å²) < 4.78 is 40.3. The summed E-state index contributed by atoms with van der Waals surface area (Å²) in [6, 6.07) is 6.88. The standard InChI is InChI=1S/C11H13F3N2O/c12-11(13,14)7-17-10-3-1-8(2-4-10)16-9-5-15-6-9/h1-4,9,15-16H,5-7H2. The van der Waals surface area contributed by atoms with Crippen molar-refractivity contribution in [2.75, 3.05) is 25.0 Å². The molecular weight excluding hydrogens is 233 g/mol. The molecule has 1 fully saturated rings. The van der Waals surface area contributed by atoms with Gasteiger partial charge in [-0.15, -0.1) is 0 Å². The minimum atomic E-state index is -4.30. The van der Waals surface area contributed by atoms with Crippen LogP contribution in [0, 0.1) is 0 Å². The summed E-state index contributed by atoms with van der Waals surface area (Å²) in [5, 5.41) is 6.36. The van der Waals surface area contributed by atoms with Gasteiger partial charge in [0.1, 0.15) is 5.75 Å². The molecule has 6 heteroatoms. The summed E-state index contributed by atoms with van der Waals surface area (Å²) in [7, 11) is 0. The second kappa shape index (κ2) is 4.83. The van der Waals surface area contributed by atoms with E-state index in [1.807, 2.05) is 0 Å². The number of hydrogen-bond acceptors (Lipinski definition) is 3. The normalized spacial score (nSPS) is 16.4. The fourth-order valence-electron chi connectivity index (χ4n) is 1.44. The highest BCUT2D eigenvalue weighted by Crippen LogP contribution is 2.20. The highest BCUT2D eigenvalue weighted by molar-refractivity contribution is 5.47. The van der Waals surface area contributed by atoms with E-state index in [4.69, 9.17) is 0 Å². The van der Waals surface area contributed by atoms with Gasteiger partial charge in [0.25, 0.3) is 0 Å². The summed E-state index contributed by atoms with van der Waals surface area (Å²) in [5.41, 5.74) is 0.885. The van der Waals surface area contributed by atoms with Gasteiger partial charge >= 0.3 is 6.18 Å². The average molecular weight is 246 g/mol. The fourth-order valence-corrected chi connectivity index (χ4v) is 1.44. The Morgan fingerprint density at radius 2 is 1.88 bits per heavy atom. The zero-order valence-corrected chi connectivity index (χ0v) is 9.05. The molecule has 1 aromatic rings. The highest BCUT2D eigenvalue weighted by atomic mass is 19.4. The quantitative estimate of drug-likeness (QED) is 0.852. The predicted molar refractivity (Wildman–Crippen MR) is 58.3 cm³/mol. The van der Waals surface area contributed by atoms with Gasteiger partial charge in [-0.3, -0.25) is 0 Å². The van der Waals surface area contributed by atoms with Crippen LogP contribution in [0.25, 0.3) is 0 Å². The third-order valence-electron chi connectivity index (χ3n) is 2.41. The molecule has 0 bridgehead atoms. The number of benzene rings is 1. The summed E-state index contributed by atoms with van der Waals surface area (Å²) in [4.78, 5) is 0. The summed E-state index contributed by atoms with van der Waals surface area (Å²) in [5.74, 6) is 0.222. The third kappa shape index (κ3) is 3.81. The molecule has 0 saturated carbocycles. The van der Waals surface area contributed by atoms with Crippen LogP contribution in [0.5, 0.6) is 5.75 Å². The smallest absolute Gasteiger partial charge is 0.422 e. The first-order valence-corrected chi connectivity index (χ1v) is 5.30. The lowest BCUT2D eigenvalue weighted by molar-refractivity contribution is -0.153. The van der Waals surface area contributed by atoms with E-state index in [2.05, 4.69) is 15.4 Å². The minimum Gasteiger partial charge on any atom is -0.484 e. The van der Waals surface area contributed by atoms with Crippen molar-refractivity contribution < 1.29 is 17.9 Å². The summed E-state index contributed by atoms with van der Waals surface area (Å²) in [6.07, 6.45) is -4.30. The van der Waals surface area contributed by atoms with Crippen molar-refractivity contribution in [3.63, 3.8) is 0 Å². The molecule has 1 heterocycles. The molecule has 2 rings (SSSR count). The Bertz CT molecular complexity index is 360. The molecule has 0 amide bonds. The van der Waals surface area contributed by atoms with Crippen LogP contribution in [0.2, 0.25) is 0 Å². The molecule has 17 heavy (non-hydrogen) atoms. The van der Waals surface area contributed by atoms with Gasteiger partial charge < -0.3 is 15.4 Å². The molecule has 94 valence electrons. The number of ether oxygens (including phenoxy) is 1. The zero-order valence-electron chi connectivity index (χ0n) is 9.05. The lowest BCUT2D eigenvalue weighted by Gasteiger charge is -2.29. The van der Waals surface area contributed by atoms with Crippen molar-refractivity contribution >= 4 is 5.69 Å². The Labute approximate surface area is 97.0 Å². The number of nitrogens with one attached hydrogen (secondary N) is 2. The topological polar surface area (TPSA) is 33.3 Å². The number of halogens is 3. The highest BCUT2D eigenvalue weighted by Gasteiger charge is 2.28. The lowest BCUT2D eigenvalue weighted by Crippen LogP contribution is -2.51. The van der Waals surface area contributed by atoms with E-state index in [1.165, 1.54) is 12.1 Å². The van der Waals surface area contributed by atoms with Crippen LogP contribution in [-0.2, 0) is 0 Å². The van der Waals surface area contributed by atoms with E-state index in [0.29, 0.717) is 6.04 Å².